The Morgan fingerprint density at radius 1 is 1.05 bits per heavy atom. The maximum absolute atomic E-state index is 13.3. The summed E-state index contributed by atoms with van der Waals surface area (Å²) < 4.78 is 13.3. The highest BCUT2D eigenvalue weighted by Crippen LogP contribution is 2.42. The van der Waals surface area contributed by atoms with Crippen molar-refractivity contribution < 1.29 is 4.39 Å². The second-order valence-electron chi connectivity index (χ2n) is 6.62. The Kier molecular flexibility index (Phi) is 4.58. The predicted molar refractivity (Wildman–Crippen MR) is 89.7 cm³/mol. The molecule has 0 spiro atoms. The average Bonchev–Trinajstić information content (AvgIpc) is 2.53. The van der Waals surface area contributed by atoms with Crippen LogP contribution in [-0.2, 0) is 6.42 Å². The van der Waals surface area contributed by atoms with Crippen LogP contribution in [0.15, 0.2) is 48.5 Å². The number of fused-ring (bicyclic) bond motifs is 1. The van der Waals surface area contributed by atoms with Crippen LogP contribution in [0.5, 0.6) is 0 Å². The number of hydrogen-bond acceptors (Lipinski definition) is 1. The van der Waals surface area contributed by atoms with E-state index in [1.807, 2.05) is 12.1 Å². The van der Waals surface area contributed by atoms with Gasteiger partial charge >= 0.3 is 0 Å². The summed E-state index contributed by atoms with van der Waals surface area (Å²) in [5.74, 6) is 0.867. The fraction of sp³-hybridized carbons (Fsp3) is 0.400. The van der Waals surface area contributed by atoms with Crippen LogP contribution in [-0.4, -0.2) is 25.5 Å². The molecule has 116 valence electrons. The third-order valence-corrected chi connectivity index (χ3v) is 4.82. The van der Waals surface area contributed by atoms with E-state index in [4.69, 9.17) is 0 Å². The molecule has 1 nitrogen and oxygen atoms in total. The van der Waals surface area contributed by atoms with Gasteiger partial charge in [-0.2, -0.15) is 0 Å². The van der Waals surface area contributed by atoms with Crippen molar-refractivity contribution in [2.24, 2.45) is 5.92 Å². The molecule has 2 heteroatoms. The van der Waals surface area contributed by atoms with E-state index < -0.39 is 0 Å². The van der Waals surface area contributed by atoms with Crippen LogP contribution < -0.4 is 0 Å². The Hall–Kier alpha value is -1.67. The summed E-state index contributed by atoms with van der Waals surface area (Å²) >= 11 is 0. The van der Waals surface area contributed by atoms with Gasteiger partial charge in [0.25, 0.3) is 0 Å². The van der Waals surface area contributed by atoms with E-state index in [0.717, 1.165) is 13.0 Å². The lowest BCUT2D eigenvalue weighted by Gasteiger charge is -2.35. The standard InChI is InChI=1S/C20H24FN/c1-22(2)14-13-17-8-7-15-5-3-4-6-19(15)20(17)16-9-11-18(21)12-10-16/h3-6,9-12,17,20H,7-8,13-14H2,1-2H3/t17-,20+/m0/s1. The van der Waals surface area contributed by atoms with Crippen LogP contribution in [0.4, 0.5) is 4.39 Å². The van der Waals surface area contributed by atoms with E-state index in [9.17, 15) is 4.39 Å². The molecule has 0 bridgehead atoms. The largest absolute Gasteiger partial charge is 0.309 e. The third kappa shape index (κ3) is 3.22. The third-order valence-electron chi connectivity index (χ3n) is 4.82. The maximum atomic E-state index is 13.3. The molecule has 3 rings (SSSR count). The van der Waals surface area contributed by atoms with Gasteiger partial charge in [0.05, 0.1) is 0 Å². The summed E-state index contributed by atoms with van der Waals surface area (Å²) in [5.41, 5.74) is 4.14. The van der Waals surface area contributed by atoms with Crippen molar-refractivity contribution >= 4 is 0 Å². The van der Waals surface area contributed by atoms with Crippen molar-refractivity contribution in [3.05, 3.63) is 71.0 Å². The molecule has 0 aromatic heterocycles. The van der Waals surface area contributed by atoms with Gasteiger partial charge in [-0.25, -0.2) is 4.39 Å². The molecule has 1 aliphatic rings. The highest BCUT2D eigenvalue weighted by atomic mass is 19.1. The average molecular weight is 297 g/mol. The summed E-state index contributed by atoms with van der Waals surface area (Å²) in [5, 5.41) is 0. The number of rotatable bonds is 4. The zero-order valence-electron chi connectivity index (χ0n) is 13.4. The summed E-state index contributed by atoms with van der Waals surface area (Å²) in [6, 6.07) is 15.9. The monoisotopic (exact) mass is 297 g/mol. The number of benzene rings is 2. The number of hydrogen-bond donors (Lipinski definition) is 0. The minimum Gasteiger partial charge on any atom is -0.309 e. The Balaban J connectivity index is 1.96. The van der Waals surface area contributed by atoms with Gasteiger partial charge in [0.15, 0.2) is 0 Å². The van der Waals surface area contributed by atoms with Crippen LogP contribution in [0.2, 0.25) is 0 Å². The van der Waals surface area contributed by atoms with Crippen LogP contribution in [0.1, 0.15) is 35.4 Å². The van der Waals surface area contributed by atoms with Gasteiger partial charge in [-0.15, -0.1) is 0 Å². The lowest BCUT2D eigenvalue weighted by atomic mass is 9.70. The van der Waals surface area contributed by atoms with Crippen molar-refractivity contribution in [3.8, 4) is 0 Å². The molecule has 2 aromatic carbocycles. The van der Waals surface area contributed by atoms with Crippen molar-refractivity contribution in [2.45, 2.75) is 25.2 Å². The van der Waals surface area contributed by atoms with E-state index >= 15 is 0 Å². The molecular weight excluding hydrogens is 273 g/mol. The van der Waals surface area contributed by atoms with Crippen LogP contribution in [0.3, 0.4) is 0 Å². The van der Waals surface area contributed by atoms with Crippen LogP contribution >= 0.6 is 0 Å². The smallest absolute Gasteiger partial charge is 0.123 e. The van der Waals surface area contributed by atoms with Crippen LogP contribution in [0.25, 0.3) is 0 Å². The van der Waals surface area contributed by atoms with Crippen molar-refractivity contribution in [1.82, 2.24) is 4.90 Å². The van der Waals surface area contributed by atoms with Gasteiger partial charge in [-0.1, -0.05) is 36.4 Å². The Morgan fingerprint density at radius 2 is 1.77 bits per heavy atom. The van der Waals surface area contributed by atoms with Crippen molar-refractivity contribution in [1.29, 1.82) is 0 Å². The van der Waals surface area contributed by atoms with Gasteiger partial charge in [0, 0.05) is 5.92 Å². The molecule has 0 fully saturated rings. The molecule has 0 saturated carbocycles. The molecule has 2 aromatic rings. The molecule has 22 heavy (non-hydrogen) atoms. The fourth-order valence-electron chi connectivity index (χ4n) is 3.68. The van der Waals surface area contributed by atoms with Gasteiger partial charge < -0.3 is 4.90 Å². The maximum Gasteiger partial charge on any atom is 0.123 e. The van der Waals surface area contributed by atoms with Gasteiger partial charge in [0.2, 0.25) is 0 Å². The van der Waals surface area contributed by atoms with E-state index in [1.165, 1.54) is 29.5 Å². The topological polar surface area (TPSA) is 3.24 Å². The first-order valence-corrected chi connectivity index (χ1v) is 8.13. The molecule has 0 saturated heterocycles. The summed E-state index contributed by atoms with van der Waals surface area (Å²) in [7, 11) is 4.26. The molecule has 1 aliphatic carbocycles. The minimum absolute atomic E-state index is 0.155. The van der Waals surface area contributed by atoms with Crippen molar-refractivity contribution in [2.75, 3.05) is 20.6 Å². The van der Waals surface area contributed by atoms with Gasteiger partial charge in [0.1, 0.15) is 5.82 Å². The van der Waals surface area contributed by atoms with E-state index in [-0.39, 0.29) is 5.82 Å². The van der Waals surface area contributed by atoms with Gasteiger partial charge in [-0.3, -0.25) is 0 Å². The SMILES string of the molecule is CN(C)CC[C@@H]1CCc2ccccc2[C@@H]1c1ccc(F)cc1. The Bertz CT molecular complexity index is 618. The molecular formula is C20H24FN. The highest BCUT2D eigenvalue weighted by Gasteiger charge is 2.30. The zero-order valence-corrected chi connectivity index (χ0v) is 13.4. The van der Waals surface area contributed by atoms with E-state index in [1.54, 1.807) is 12.1 Å². The minimum atomic E-state index is -0.155. The molecule has 2 atom stereocenters. The van der Waals surface area contributed by atoms with Gasteiger partial charge in [-0.05, 0) is 74.6 Å². The Morgan fingerprint density at radius 3 is 2.50 bits per heavy atom. The Labute approximate surface area is 132 Å². The predicted octanol–water partition coefficient (Wildman–Crippen LogP) is 4.47. The lowest BCUT2D eigenvalue weighted by Crippen LogP contribution is -2.25. The fourth-order valence-corrected chi connectivity index (χ4v) is 3.68. The number of aryl methyl sites for hydroxylation is 1. The number of nitrogens with zero attached hydrogens (tertiary/aromatic N) is 1. The first-order chi connectivity index (χ1) is 10.6. The second kappa shape index (κ2) is 6.62. The first-order valence-electron chi connectivity index (χ1n) is 8.13. The summed E-state index contributed by atoms with van der Waals surface area (Å²) in [6.07, 6.45) is 3.56. The molecule has 0 heterocycles. The quantitative estimate of drug-likeness (QED) is 0.804. The molecule has 0 unspecified atom stereocenters. The summed E-state index contributed by atoms with van der Waals surface area (Å²) in [6.45, 7) is 1.10. The molecule has 0 N–H and O–H groups in total. The second-order valence-corrected chi connectivity index (χ2v) is 6.62. The van der Waals surface area contributed by atoms with E-state index in [2.05, 4.69) is 43.3 Å². The zero-order chi connectivity index (χ0) is 15.5. The summed E-state index contributed by atoms with van der Waals surface area (Å²) in [4.78, 5) is 2.25. The molecule has 0 aliphatic heterocycles. The van der Waals surface area contributed by atoms with Crippen molar-refractivity contribution in [3.63, 3.8) is 0 Å². The lowest BCUT2D eigenvalue weighted by molar-refractivity contribution is 0.311. The molecule has 0 amide bonds. The molecule has 0 radical (unpaired) electrons. The van der Waals surface area contributed by atoms with Crippen LogP contribution in [0, 0.1) is 11.7 Å². The van der Waals surface area contributed by atoms with E-state index in [0.29, 0.717) is 11.8 Å². The number of halogens is 1. The normalized spacial score (nSPS) is 20.9. The highest BCUT2D eigenvalue weighted by molar-refractivity contribution is 5.41. The first kappa shape index (κ1) is 15.2.